The van der Waals surface area contributed by atoms with Gasteiger partial charge in [-0.2, -0.15) is 0 Å². The largest absolute Gasteiger partial charge is 0.299 e. The molecule has 0 N–H and O–H groups in total. The van der Waals surface area contributed by atoms with E-state index in [1.54, 1.807) is 0 Å². The summed E-state index contributed by atoms with van der Waals surface area (Å²) in [6.45, 7) is 9.60. The molecule has 0 aliphatic heterocycles. The molecule has 0 amide bonds. The van der Waals surface area contributed by atoms with Crippen molar-refractivity contribution in [3.63, 3.8) is 0 Å². The minimum atomic E-state index is 0.681. The molecule has 1 aromatic rings. The molecule has 1 nitrogen and oxygen atoms in total. The maximum atomic E-state index is 2.42. The molecule has 92 valence electrons. The number of hydrogen-bond acceptors (Lipinski definition) is 1. The summed E-state index contributed by atoms with van der Waals surface area (Å²) in [6, 6.07) is 11.3. The van der Waals surface area contributed by atoms with Gasteiger partial charge in [-0.05, 0) is 26.0 Å². The monoisotopic (exact) mass is 221 g/mol. The van der Waals surface area contributed by atoms with Crippen molar-refractivity contribution in [2.45, 2.75) is 53.1 Å². The summed E-state index contributed by atoms with van der Waals surface area (Å²) in [6.07, 6.45) is 2.55. The van der Waals surface area contributed by atoms with Gasteiger partial charge in [0, 0.05) is 12.6 Å². The Kier molecular flexibility index (Phi) is 8.93. The predicted octanol–water partition coefficient (Wildman–Crippen LogP) is 4.33. The Balaban J connectivity index is 0.00000106. The molecule has 0 bridgehead atoms. The van der Waals surface area contributed by atoms with Crippen LogP contribution in [-0.4, -0.2) is 18.0 Å². The van der Waals surface area contributed by atoms with E-state index in [0.717, 1.165) is 6.54 Å². The third kappa shape index (κ3) is 5.92. The number of hydrogen-bond donors (Lipinski definition) is 0. The smallest absolute Gasteiger partial charge is 0.0233 e. The van der Waals surface area contributed by atoms with Crippen LogP contribution >= 0.6 is 0 Å². The van der Waals surface area contributed by atoms with E-state index < -0.39 is 0 Å². The molecule has 0 fully saturated rings. The molecule has 16 heavy (non-hydrogen) atoms. The summed E-state index contributed by atoms with van der Waals surface area (Å²) in [7, 11) is 2.20. The van der Waals surface area contributed by atoms with Crippen molar-refractivity contribution >= 4 is 0 Å². The Morgan fingerprint density at radius 1 is 1.12 bits per heavy atom. The zero-order valence-electron chi connectivity index (χ0n) is 11.5. The van der Waals surface area contributed by atoms with Crippen molar-refractivity contribution in [2.24, 2.45) is 0 Å². The minimum absolute atomic E-state index is 0.681. The zero-order chi connectivity index (χ0) is 12.4. The van der Waals surface area contributed by atoms with Gasteiger partial charge >= 0.3 is 0 Å². The van der Waals surface area contributed by atoms with Crippen LogP contribution < -0.4 is 0 Å². The molecule has 0 saturated carbocycles. The van der Waals surface area contributed by atoms with Gasteiger partial charge in [0.15, 0.2) is 0 Å². The van der Waals surface area contributed by atoms with E-state index in [1.165, 1.54) is 18.4 Å². The van der Waals surface area contributed by atoms with E-state index in [9.17, 15) is 0 Å². The highest BCUT2D eigenvalue weighted by Gasteiger charge is 2.07. The van der Waals surface area contributed by atoms with E-state index in [2.05, 4.69) is 56.1 Å². The van der Waals surface area contributed by atoms with Gasteiger partial charge in [-0.15, -0.1) is 0 Å². The van der Waals surface area contributed by atoms with Crippen molar-refractivity contribution in [1.82, 2.24) is 4.90 Å². The first-order valence-electron chi connectivity index (χ1n) is 6.48. The molecular weight excluding hydrogens is 194 g/mol. The fourth-order valence-electron chi connectivity index (χ4n) is 1.67. The van der Waals surface area contributed by atoms with Crippen molar-refractivity contribution in [3.05, 3.63) is 35.9 Å². The summed E-state index contributed by atoms with van der Waals surface area (Å²) < 4.78 is 0. The van der Waals surface area contributed by atoms with Crippen molar-refractivity contribution in [3.8, 4) is 0 Å². The van der Waals surface area contributed by atoms with E-state index >= 15 is 0 Å². The lowest BCUT2D eigenvalue weighted by Gasteiger charge is -2.24. The van der Waals surface area contributed by atoms with Gasteiger partial charge in [0.2, 0.25) is 0 Å². The number of rotatable bonds is 5. The normalized spacial score (nSPS) is 11.9. The van der Waals surface area contributed by atoms with E-state index in [1.807, 2.05) is 13.8 Å². The Morgan fingerprint density at radius 3 is 2.19 bits per heavy atom. The highest BCUT2D eigenvalue weighted by Crippen LogP contribution is 2.09. The molecular formula is C15H27N. The molecule has 1 heteroatoms. The first kappa shape index (κ1) is 15.2. The molecule has 0 heterocycles. The summed E-state index contributed by atoms with van der Waals surface area (Å²) in [5.74, 6) is 0. The van der Waals surface area contributed by atoms with E-state index in [0.29, 0.717) is 6.04 Å². The van der Waals surface area contributed by atoms with Crippen LogP contribution in [0.15, 0.2) is 30.3 Å². The van der Waals surface area contributed by atoms with Gasteiger partial charge in [-0.25, -0.2) is 0 Å². The first-order chi connectivity index (χ1) is 7.74. The fraction of sp³-hybridized carbons (Fsp3) is 0.600. The second-order valence-corrected chi connectivity index (χ2v) is 4.04. The van der Waals surface area contributed by atoms with Crippen LogP contribution in [0, 0.1) is 0 Å². The lowest BCUT2D eigenvalue weighted by molar-refractivity contribution is 0.237. The Bertz CT molecular complexity index is 243. The molecule has 1 aromatic carbocycles. The van der Waals surface area contributed by atoms with Crippen LogP contribution in [0.4, 0.5) is 0 Å². The van der Waals surface area contributed by atoms with Crippen LogP contribution in [0.3, 0.4) is 0 Å². The summed E-state index contributed by atoms with van der Waals surface area (Å²) in [5, 5.41) is 0. The average molecular weight is 221 g/mol. The Hall–Kier alpha value is -0.820. The van der Waals surface area contributed by atoms with Crippen LogP contribution in [-0.2, 0) is 6.54 Å². The molecule has 0 spiro atoms. The van der Waals surface area contributed by atoms with Crippen LogP contribution in [0.2, 0.25) is 0 Å². The SMILES string of the molecule is CC.CCCC(C)N(C)Cc1ccccc1. The van der Waals surface area contributed by atoms with Gasteiger partial charge in [0.05, 0.1) is 0 Å². The van der Waals surface area contributed by atoms with E-state index in [4.69, 9.17) is 0 Å². The minimum Gasteiger partial charge on any atom is -0.299 e. The Labute approximate surface area is 101 Å². The highest BCUT2D eigenvalue weighted by atomic mass is 15.1. The van der Waals surface area contributed by atoms with Crippen molar-refractivity contribution < 1.29 is 0 Å². The van der Waals surface area contributed by atoms with Crippen LogP contribution in [0.5, 0.6) is 0 Å². The van der Waals surface area contributed by atoms with Gasteiger partial charge in [-0.3, -0.25) is 4.90 Å². The molecule has 1 atom stereocenters. The molecule has 0 aliphatic carbocycles. The topological polar surface area (TPSA) is 3.24 Å². The second kappa shape index (κ2) is 9.41. The maximum absolute atomic E-state index is 2.42. The van der Waals surface area contributed by atoms with Crippen molar-refractivity contribution in [2.75, 3.05) is 7.05 Å². The number of nitrogens with zero attached hydrogens (tertiary/aromatic N) is 1. The molecule has 0 aliphatic rings. The lowest BCUT2D eigenvalue weighted by Crippen LogP contribution is -2.28. The molecule has 1 unspecified atom stereocenters. The fourth-order valence-corrected chi connectivity index (χ4v) is 1.67. The first-order valence-corrected chi connectivity index (χ1v) is 6.48. The quantitative estimate of drug-likeness (QED) is 0.715. The molecule has 1 rings (SSSR count). The molecule has 0 radical (unpaired) electrons. The third-order valence-corrected chi connectivity index (χ3v) is 2.73. The van der Waals surface area contributed by atoms with Gasteiger partial charge in [-0.1, -0.05) is 57.5 Å². The molecule has 0 aromatic heterocycles. The summed E-state index contributed by atoms with van der Waals surface area (Å²) in [5.41, 5.74) is 1.40. The summed E-state index contributed by atoms with van der Waals surface area (Å²) >= 11 is 0. The van der Waals surface area contributed by atoms with Crippen LogP contribution in [0.25, 0.3) is 0 Å². The molecule has 0 saturated heterocycles. The average Bonchev–Trinajstić information content (AvgIpc) is 2.33. The predicted molar refractivity (Wildman–Crippen MR) is 73.6 cm³/mol. The third-order valence-electron chi connectivity index (χ3n) is 2.73. The lowest BCUT2D eigenvalue weighted by atomic mass is 10.1. The maximum Gasteiger partial charge on any atom is 0.0233 e. The second-order valence-electron chi connectivity index (χ2n) is 4.04. The van der Waals surface area contributed by atoms with Gasteiger partial charge in [0.25, 0.3) is 0 Å². The van der Waals surface area contributed by atoms with Crippen LogP contribution in [0.1, 0.15) is 46.1 Å². The van der Waals surface area contributed by atoms with E-state index in [-0.39, 0.29) is 0 Å². The standard InChI is InChI=1S/C13H21N.C2H6/c1-4-8-12(2)14(3)11-13-9-6-5-7-10-13;1-2/h5-7,9-10,12H,4,8,11H2,1-3H3;1-2H3. The zero-order valence-corrected chi connectivity index (χ0v) is 11.5. The number of benzene rings is 1. The summed E-state index contributed by atoms with van der Waals surface area (Å²) in [4.78, 5) is 2.42. The highest BCUT2D eigenvalue weighted by molar-refractivity contribution is 5.14. The van der Waals surface area contributed by atoms with Gasteiger partial charge in [0.1, 0.15) is 0 Å². The van der Waals surface area contributed by atoms with Gasteiger partial charge < -0.3 is 0 Å². The Morgan fingerprint density at radius 2 is 1.69 bits per heavy atom. The van der Waals surface area contributed by atoms with Crippen molar-refractivity contribution in [1.29, 1.82) is 0 Å².